The second-order valence-electron chi connectivity index (χ2n) is 5.89. The normalized spacial score (nSPS) is 13.0. The molecule has 0 unspecified atom stereocenters. The Morgan fingerprint density at radius 3 is 1.36 bits per heavy atom. The largest absolute Gasteiger partial charge is 0.697 e. The number of hydrogen-bond donors (Lipinski definition) is 0. The molecule has 84 valence electrons. The van der Waals surface area contributed by atoms with E-state index in [-0.39, 0.29) is 10.8 Å². The summed E-state index contributed by atoms with van der Waals surface area (Å²) in [5.74, 6) is 0. The summed E-state index contributed by atoms with van der Waals surface area (Å²) in [5, 5.41) is 0. The molecular weight excluding hydrogens is 199 g/mol. The Morgan fingerprint density at radius 2 is 1.14 bits per heavy atom. The van der Waals surface area contributed by atoms with Crippen LogP contribution < -0.4 is 0 Å². The summed E-state index contributed by atoms with van der Waals surface area (Å²) in [6, 6.07) is 0. The van der Waals surface area contributed by atoms with Gasteiger partial charge >= 0.3 is 8.25 Å². The monoisotopic (exact) mass is 221 g/mol. The number of hydrogen-bond acceptors (Lipinski definition) is 3. The molecule has 0 heterocycles. The zero-order valence-corrected chi connectivity index (χ0v) is 11.0. The van der Waals surface area contributed by atoms with Crippen LogP contribution in [0, 0.1) is 10.8 Å². The van der Waals surface area contributed by atoms with Gasteiger partial charge in [0.1, 0.15) is 13.2 Å². The van der Waals surface area contributed by atoms with Crippen molar-refractivity contribution in [3.8, 4) is 0 Å². The summed E-state index contributed by atoms with van der Waals surface area (Å²) in [7, 11) is -1.96. The van der Waals surface area contributed by atoms with E-state index in [4.69, 9.17) is 9.05 Å². The Balaban J connectivity index is 3.68. The highest BCUT2D eigenvalue weighted by molar-refractivity contribution is 7.33. The third kappa shape index (κ3) is 10.1. The van der Waals surface area contributed by atoms with Crippen LogP contribution in [0.1, 0.15) is 41.5 Å². The minimum atomic E-state index is -1.96. The van der Waals surface area contributed by atoms with Gasteiger partial charge in [-0.05, 0) is 10.8 Å². The van der Waals surface area contributed by atoms with Crippen LogP contribution in [0.5, 0.6) is 0 Å². The fraction of sp³-hybridized carbons (Fsp3) is 1.00. The van der Waals surface area contributed by atoms with Crippen molar-refractivity contribution in [2.24, 2.45) is 10.8 Å². The summed E-state index contributed by atoms with van der Waals surface area (Å²) in [5.41, 5.74) is 0.0478. The molecule has 0 aliphatic carbocycles. The van der Waals surface area contributed by atoms with Crippen molar-refractivity contribution in [1.29, 1.82) is 0 Å². The Hall–Kier alpha value is 0.0200. The van der Waals surface area contributed by atoms with Crippen molar-refractivity contribution in [2.45, 2.75) is 41.5 Å². The molecule has 0 aromatic carbocycles. The van der Waals surface area contributed by atoms with Gasteiger partial charge in [-0.2, -0.15) is 0 Å². The van der Waals surface area contributed by atoms with Gasteiger partial charge in [0.2, 0.25) is 0 Å². The first-order valence-corrected chi connectivity index (χ1v) is 5.93. The van der Waals surface area contributed by atoms with Crippen LogP contribution in [0.4, 0.5) is 0 Å². The molecule has 0 spiro atoms. The molecule has 0 rings (SSSR count). The van der Waals surface area contributed by atoms with E-state index in [1.807, 2.05) is 41.5 Å². The molecule has 0 aromatic rings. The Labute approximate surface area is 88.1 Å². The molecule has 0 atom stereocenters. The maximum Gasteiger partial charge on any atom is 0.697 e. The highest BCUT2D eigenvalue weighted by Gasteiger charge is 2.27. The van der Waals surface area contributed by atoms with Crippen molar-refractivity contribution in [1.82, 2.24) is 0 Å². The van der Waals surface area contributed by atoms with E-state index in [1.54, 1.807) is 0 Å². The predicted octanol–water partition coefficient (Wildman–Crippen LogP) is 3.77. The fourth-order valence-electron chi connectivity index (χ4n) is 0.530. The Kier molecular flexibility index (Phi) is 5.21. The predicted molar refractivity (Wildman–Crippen MR) is 58.4 cm³/mol. The topological polar surface area (TPSA) is 35.5 Å². The third-order valence-electron chi connectivity index (χ3n) is 1.21. The molecule has 0 amide bonds. The van der Waals surface area contributed by atoms with Gasteiger partial charge in [0, 0.05) is 4.57 Å². The van der Waals surface area contributed by atoms with Gasteiger partial charge < -0.3 is 0 Å². The lowest BCUT2D eigenvalue weighted by Crippen LogP contribution is -2.14. The van der Waals surface area contributed by atoms with Crippen LogP contribution >= 0.6 is 8.25 Å². The van der Waals surface area contributed by atoms with E-state index < -0.39 is 8.25 Å². The van der Waals surface area contributed by atoms with Gasteiger partial charge in [0.05, 0.1) is 0 Å². The first-order valence-electron chi connectivity index (χ1n) is 4.83. The first-order chi connectivity index (χ1) is 6.10. The summed E-state index contributed by atoms with van der Waals surface area (Å²) < 4.78 is 21.4. The van der Waals surface area contributed by atoms with Crippen LogP contribution in [0.25, 0.3) is 0 Å². The summed E-state index contributed by atoms with van der Waals surface area (Å²) in [6.45, 7) is 13.1. The average Bonchev–Trinajstić information content (AvgIpc) is 1.94. The molecule has 0 bridgehead atoms. The van der Waals surface area contributed by atoms with Gasteiger partial charge in [-0.1, -0.05) is 41.5 Å². The smallest absolute Gasteiger partial charge is 0.119 e. The number of rotatable bonds is 4. The molecule has 0 saturated heterocycles. The molecule has 3 nitrogen and oxygen atoms in total. The van der Waals surface area contributed by atoms with Crippen molar-refractivity contribution < 1.29 is 13.6 Å². The standard InChI is InChI=1S/C10H22O3P/c1-9(2,3)7-12-14(11)13-8-10(4,5)6/h7-8H2,1-6H3/q+1. The third-order valence-corrected chi connectivity index (χ3v) is 1.89. The van der Waals surface area contributed by atoms with Crippen LogP contribution in [0.3, 0.4) is 0 Å². The van der Waals surface area contributed by atoms with Gasteiger partial charge in [0.15, 0.2) is 0 Å². The molecule has 4 heteroatoms. The van der Waals surface area contributed by atoms with Gasteiger partial charge in [-0.25, -0.2) is 0 Å². The van der Waals surface area contributed by atoms with Gasteiger partial charge in [-0.15, -0.1) is 9.05 Å². The molecule has 0 radical (unpaired) electrons. The second kappa shape index (κ2) is 5.20. The molecular formula is C10H22O3P+. The zero-order valence-electron chi connectivity index (χ0n) is 10.1. The van der Waals surface area contributed by atoms with Crippen LogP contribution in [-0.2, 0) is 13.6 Å². The first kappa shape index (κ1) is 14.0. The molecule has 0 aromatic heterocycles. The lowest BCUT2D eigenvalue weighted by molar-refractivity contribution is 0.137. The zero-order chi connectivity index (χ0) is 11.4. The van der Waals surface area contributed by atoms with E-state index in [9.17, 15) is 4.57 Å². The maximum atomic E-state index is 11.2. The summed E-state index contributed by atoms with van der Waals surface area (Å²) >= 11 is 0. The van der Waals surface area contributed by atoms with E-state index in [0.29, 0.717) is 13.2 Å². The fourth-order valence-corrected chi connectivity index (χ4v) is 1.59. The van der Waals surface area contributed by atoms with Crippen molar-refractivity contribution in [3.05, 3.63) is 0 Å². The molecule has 0 N–H and O–H groups in total. The highest BCUT2D eigenvalue weighted by Crippen LogP contribution is 2.30. The lowest BCUT2D eigenvalue weighted by Gasteiger charge is -2.14. The van der Waals surface area contributed by atoms with E-state index >= 15 is 0 Å². The average molecular weight is 221 g/mol. The molecule has 0 saturated carbocycles. The minimum Gasteiger partial charge on any atom is -0.119 e. The van der Waals surface area contributed by atoms with Crippen LogP contribution in [0.15, 0.2) is 0 Å². The van der Waals surface area contributed by atoms with E-state index in [2.05, 4.69) is 0 Å². The minimum absolute atomic E-state index is 0.0239. The quantitative estimate of drug-likeness (QED) is 0.678. The Morgan fingerprint density at radius 1 is 0.857 bits per heavy atom. The summed E-state index contributed by atoms with van der Waals surface area (Å²) in [6.07, 6.45) is 0. The van der Waals surface area contributed by atoms with E-state index in [1.165, 1.54) is 0 Å². The molecule has 0 aliphatic rings. The second-order valence-corrected chi connectivity index (χ2v) is 6.86. The van der Waals surface area contributed by atoms with Gasteiger partial charge in [-0.3, -0.25) is 0 Å². The molecule has 0 fully saturated rings. The van der Waals surface area contributed by atoms with Gasteiger partial charge in [0.25, 0.3) is 0 Å². The lowest BCUT2D eigenvalue weighted by atomic mass is 9.99. The Bertz CT molecular complexity index is 169. The van der Waals surface area contributed by atoms with Crippen LogP contribution in [-0.4, -0.2) is 13.2 Å². The van der Waals surface area contributed by atoms with Crippen molar-refractivity contribution >= 4 is 8.25 Å². The SMILES string of the molecule is CC(C)(C)CO[P+](=O)OCC(C)(C)C. The van der Waals surface area contributed by atoms with Crippen LogP contribution in [0.2, 0.25) is 0 Å². The molecule has 14 heavy (non-hydrogen) atoms. The highest BCUT2D eigenvalue weighted by atomic mass is 31.1. The van der Waals surface area contributed by atoms with E-state index in [0.717, 1.165) is 0 Å². The maximum absolute atomic E-state index is 11.2. The van der Waals surface area contributed by atoms with Crippen molar-refractivity contribution in [3.63, 3.8) is 0 Å². The molecule has 0 aliphatic heterocycles. The van der Waals surface area contributed by atoms with Crippen molar-refractivity contribution in [2.75, 3.05) is 13.2 Å². The summed E-state index contributed by atoms with van der Waals surface area (Å²) in [4.78, 5) is 0.